The van der Waals surface area contributed by atoms with Crippen molar-refractivity contribution in [2.75, 3.05) is 18.2 Å². The normalized spacial score (nSPS) is 14.4. The minimum atomic E-state index is -0.280. The Morgan fingerprint density at radius 1 is 1.06 bits per heavy atom. The van der Waals surface area contributed by atoms with E-state index in [2.05, 4.69) is 10.6 Å². The van der Waals surface area contributed by atoms with Crippen molar-refractivity contribution in [3.05, 3.63) is 89.0 Å². The number of carbonyl (C=O) groups excluding carboxylic acids is 2. The van der Waals surface area contributed by atoms with Gasteiger partial charge in [-0.3, -0.25) is 4.79 Å². The Hall–Kier alpha value is -3.80. The van der Waals surface area contributed by atoms with E-state index < -0.39 is 0 Å². The van der Waals surface area contributed by atoms with Gasteiger partial charge in [-0.05, 0) is 66.6 Å². The molecule has 0 fully saturated rings. The minimum Gasteiger partial charge on any atom is -0.495 e. The van der Waals surface area contributed by atoms with E-state index in [1.165, 1.54) is 0 Å². The average Bonchev–Trinajstić information content (AvgIpc) is 3.22. The first kappa shape index (κ1) is 22.4. The molecule has 33 heavy (non-hydrogen) atoms. The summed E-state index contributed by atoms with van der Waals surface area (Å²) in [6.07, 6.45) is 3.67. The zero-order chi connectivity index (χ0) is 23.2. The predicted molar refractivity (Wildman–Crippen MR) is 131 cm³/mol. The van der Waals surface area contributed by atoms with Gasteiger partial charge >= 0.3 is 6.03 Å². The Labute approximate surface area is 194 Å². The third-order valence-electron chi connectivity index (χ3n) is 6.11. The number of aryl methyl sites for hydroxylation is 2. The number of para-hydroxylation sites is 3. The van der Waals surface area contributed by atoms with Crippen LogP contribution in [-0.4, -0.2) is 18.9 Å². The van der Waals surface area contributed by atoms with Crippen LogP contribution in [0.1, 0.15) is 52.4 Å². The van der Waals surface area contributed by atoms with E-state index in [-0.39, 0.29) is 17.9 Å². The molecule has 0 radical (unpaired) electrons. The van der Waals surface area contributed by atoms with Gasteiger partial charge in [0.1, 0.15) is 5.75 Å². The number of Topliss-reactive ketones (excluding diaryl/α,β-unsaturated/α-hetero) is 1. The molecule has 0 heterocycles. The summed E-state index contributed by atoms with van der Waals surface area (Å²) in [5, 5.41) is 5.89. The Kier molecular flexibility index (Phi) is 6.93. The van der Waals surface area contributed by atoms with E-state index in [0.717, 1.165) is 53.6 Å². The topological polar surface area (TPSA) is 93.5 Å². The van der Waals surface area contributed by atoms with Gasteiger partial charge < -0.3 is 21.1 Å². The molecule has 4 N–H and O–H groups in total. The molecule has 3 aromatic rings. The first-order valence-corrected chi connectivity index (χ1v) is 11.2. The summed E-state index contributed by atoms with van der Waals surface area (Å²) in [6.45, 7) is 0. The van der Waals surface area contributed by atoms with Crippen LogP contribution in [0.4, 0.5) is 16.2 Å². The number of anilines is 2. The van der Waals surface area contributed by atoms with Gasteiger partial charge in [-0.1, -0.05) is 42.5 Å². The third-order valence-corrected chi connectivity index (χ3v) is 6.11. The highest BCUT2D eigenvalue weighted by atomic mass is 16.5. The van der Waals surface area contributed by atoms with Crippen molar-refractivity contribution < 1.29 is 14.3 Å². The highest BCUT2D eigenvalue weighted by molar-refractivity contribution is 5.96. The van der Waals surface area contributed by atoms with Gasteiger partial charge in [-0.15, -0.1) is 0 Å². The van der Waals surface area contributed by atoms with E-state index in [1.807, 2.05) is 54.6 Å². The number of ketones is 1. The molecule has 1 aliphatic rings. The zero-order valence-electron chi connectivity index (χ0n) is 18.8. The fourth-order valence-electron chi connectivity index (χ4n) is 4.35. The highest BCUT2D eigenvalue weighted by Crippen LogP contribution is 2.32. The maximum absolute atomic E-state index is 12.7. The molecule has 0 bridgehead atoms. The van der Waals surface area contributed by atoms with E-state index in [4.69, 9.17) is 10.5 Å². The summed E-state index contributed by atoms with van der Waals surface area (Å²) in [5.74, 6) is 0.746. The molecule has 0 spiro atoms. The van der Waals surface area contributed by atoms with Gasteiger partial charge in [-0.2, -0.15) is 0 Å². The Bertz CT molecular complexity index is 1160. The maximum Gasteiger partial charge on any atom is 0.319 e. The number of amides is 2. The van der Waals surface area contributed by atoms with Gasteiger partial charge in [0.2, 0.25) is 0 Å². The number of rotatable bonds is 8. The average molecular weight is 444 g/mol. The summed E-state index contributed by atoms with van der Waals surface area (Å²) in [6, 6.07) is 20.5. The molecular formula is C27H29N3O3. The van der Waals surface area contributed by atoms with Crippen molar-refractivity contribution in [1.82, 2.24) is 5.32 Å². The molecule has 0 aliphatic heterocycles. The van der Waals surface area contributed by atoms with Crippen molar-refractivity contribution in [2.24, 2.45) is 0 Å². The number of methoxy groups -OCH3 is 1. The smallest absolute Gasteiger partial charge is 0.319 e. The van der Waals surface area contributed by atoms with Crippen LogP contribution in [0.5, 0.6) is 5.75 Å². The van der Waals surface area contributed by atoms with Gasteiger partial charge in [0.05, 0.1) is 18.8 Å². The van der Waals surface area contributed by atoms with Crippen LogP contribution in [0, 0.1) is 0 Å². The lowest BCUT2D eigenvalue weighted by Crippen LogP contribution is -2.31. The Morgan fingerprint density at radius 3 is 2.67 bits per heavy atom. The molecule has 4 rings (SSSR count). The predicted octanol–water partition coefficient (Wildman–Crippen LogP) is 5.29. The van der Waals surface area contributed by atoms with Crippen molar-refractivity contribution in [3.63, 3.8) is 0 Å². The van der Waals surface area contributed by atoms with Crippen LogP contribution >= 0.6 is 0 Å². The van der Waals surface area contributed by atoms with Gasteiger partial charge in [0.25, 0.3) is 0 Å². The monoisotopic (exact) mass is 443 g/mol. The molecular weight excluding hydrogens is 414 g/mol. The van der Waals surface area contributed by atoms with Crippen LogP contribution in [0.3, 0.4) is 0 Å². The number of nitrogens with two attached hydrogens (primary N) is 1. The quantitative estimate of drug-likeness (QED) is 0.326. The minimum absolute atomic E-state index is 0.0834. The molecule has 2 amide bonds. The van der Waals surface area contributed by atoms with Gasteiger partial charge in [0.15, 0.2) is 5.78 Å². The summed E-state index contributed by atoms with van der Waals surface area (Å²) >= 11 is 0. The van der Waals surface area contributed by atoms with E-state index in [0.29, 0.717) is 17.9 Å². The molecule has 0 saturated carbocycles. The number of hydrogen-bond acceptors (Lipinski definition) is 4. The van der Waals surface area contributed by atoms with Gasteiger partial charge in [-0.25, -0.2) is 4.79 Å². The molecule has 170 valence electrons. The number of ether oxygens (including phenoxy) is 1. The van der Waals surface area contributed by atoms with Crippen LogP contribution < -0.4 is 21.1 Å². The lowest BCUT2D eigenvalue weighted by atomic mass is 9.98. The number of fused-ring (bicyclic) bond motifs is 1. The number of urea groups is 1. The number of benzene rings is 3. The molecule has 3 aromatic carbocycles. The number of nitrogen functional groups attached to an aromatic ring is 1. The van der Waals surface area contributed by atoms with Crippen LogP contribution in [0.2, 0.25) is 0 Å². The van der Waals surface area contributed by atoms with Crippen LogP contribution in [-0.2, 0) is 12.8 Å². The fourth-order valence-corrected chi connectivity index (χ4v) is 4.35. The second kappa shape index (κ2) is 10.2. The summed E-state index contributed by atoms with van der Waals surface area (Å²) in [5.41, 5.74) is 11.4. The SMILES string of the molecule is COc1ccccc1NC(=O)NC1CCc2cc(C(=O)CCCc3ccccc3N)ccc21. The Morgan fingerprint density at radius 2 is 1.85 bits per heavy atom. The standard InChI is InChI=1S/C27H29N3O3/c1-33-26-12-5-4-10-24(26)30-27(32)29-23-16-14-19-17-20(13-15-21(19)23)25(31)11-6-8-18-7-2-3-9-22(18)28/h2-5,7,9-10,12-13,15,17,23H,6,8,11,14,16,28H2,1H3,(H2,29,30,32). The van der Waals surface area contributed by atoms with E-state index in [1.54, 1.807) is 19.2 Å². The van der Waals surface area contributed by atoms with E-state index in [9.17, 15) is 9.59 Å². The summed E-state index contributed by atoms with van der Waals surface area (Å²) < 4.78 is 5.29. The zero-order valence-corrected chi connectivity index (χ0v) is 18.8. The van der Waals surface area contributed by atoms with Crippen LogP contribution in [0.15, 0.2) is 66.7 Å². The summed E-state index contributed by atoms with van der Waals surface area (Å²) in [7, 11) is 1.57. The molecule has 1 unspecified atom stereocenters. The Balaban J connectivity index is 1.34. The second-order valence-electron chi connectivity index (χ2n) is 8.28. The fraction of sp³-hybridized carbons (Fsp3) is 0.259. The summed E-state index contributed by atoms with van der Waals surface area (Å²) in [4.78, 5) is 25.3. The van der Waals surface area contributed by atoms with Crippen molar-refractivity contribution >= 4 is 23.2 Å². The van der Waals surface area contributed by atoms with Crippen molar-refractivity contribution in [3.8, 4) is 5.75 Å². The highest BCUT2D eigenvalue weighted by Gasteiger charge is 2.25. The largest absolute Gasteiger partial charge is 0.495 e. The lowest BCUT2D eigenvalue weighted by molar-refractivity contribution is 0.0980. The van der Waals surface area contributed by atoms with E-state index >= 15 is 0 Å². The molecule has 6 heteroatoms. The van der Waals surface area contributed by atoms with Gasteiger partial charge in [0, 0.05) is 17.7 Å². The second-order valence-corrected chi connectivity index (χ2v) is 8.28. The maximum atomic E-state index is 12.7. The number of carbonyl (C=O) groups is 2. The molecule has 6 nitrogen and oxygen atoms in total. The van der Waals surface area contributed by atoms with Crippen molar-refractivity contribution in [1.29, 1.82) is 0 Å². The molecule has 1 atom stereocenters. The van der Waals surface area contributed by atoms with Crippen LogP contribution in [0.25, 0.3) is 0 Å². The number of hydrogen-bond donors (Lipinski definition) is 3. The first-order valence-electron chi connectivity index (χ1n) is 11.2. The molecule has 0 saturated heterocycles. The molecule has 0 aromatic heterocycles. The number of nitrogens with one attached hydrogen (secondary N) is 2. The lowest BCUT2D eigenvalue weighted by Gasteiger charge is -2.16. The molecule has 1 aliphatic carbocycles. The third kappa shape index (κ3) is 5.34. The first-order chi connectivity index (χ1) is 16.0. The van der Waals surface area contributed by atoms with Crippen molar-refractivity contribution in [2.45, 2.75) is 38.1 Å².